The quantitative estimate of drug-likeness (QED) is 0.572. The number of rotatable bonds is 4. The predicted molar refractivity (Wildman–Crippen MR) is 109 cm³/mol. The highest BCUT2D eigenvalue weighted by molar-refractivity contribution is 7.80. The number of urea groups is 1. The highest BCUT2D eigenvalue weighted by Gasteiger charge is 2.65. The van der Waals surface area contributed by atoms with E-state index in [9.17, 15) is 22.8 Å². The number of amides is 4. The molecule has 3 heterocycles. The van der Waals surface area contributed by atoms with Gasteiger partial charge in [-0.05, 0) is 58.3 Å². The van der Waals surface area contributed by atoms with Gasteiger partial charge in [0.2, 0.25) is 5.91 Å². The van der Waals surface area contributed by atoms with Gasteiger partial charge in [0.05, 0.1) is 6.04 Å². The Kier molecular flexibility index (Phi) is 5.57. The smallest absolute Gasteiger partial charge is 0.418 e. The number of hydroxylamine groups is 2. The van der Waals surface area contributed by atoms with Gasteiger partial charge in [-0.2, -0.15) is 13.5 Å². The van der Waals surface area contributed by atoms with E-state index in [0.717, 1.165) is 12.8 Å². The molecule has 2 N–H and O–H groups in total. The SMILES string of the molecule is CC(C)(C)OC(=O)N1CCC(NC(=O)[C@@H]2CC3(CC3)[C@@H]3CN2C(=O)N3OS(=O)(=O)O)CC1. The number of ether oxygens (including phenoxy) is 1. The van der Waals surface area contributed by atoms with E-state index in [2.05, 4.69) is 9.60 Å². The molecule has 32 heavy (non-hydrogen) atoms. The first-order chi connectivity index (χ1) is 14.8. The van der Waals surface area contributed by atoms with Crippen molar-refractivity contribution in [3.8, 4) is 0 Å². The third kappa shape index (κ3) is 4.64. The van der Waals surface area contributed by atoms with Crippen LogP contribution in [0.15, 0.2) is 0 Å². The zero-order chi connectivity index (χ0) is 23.5. The van der Waals surface area contributed by atoms with Gasteiger partial charge in [-0.15, -0.1) is 4.28 Å². The number of nitrogens with zero attached hydrogens (tertiary/aromatic N) is 3. The number of piperidine rings is 2. The molecule has 12 nitrogen and oxygen atoms in total. The fourth-order valence-corrected chi connectivity index (χ4v) is 5.25. The summed E-state index contributed by atoms with van der Waals surface area (Å²) in [6, 6.07) is -2.13. The molecule has 0 aromatic heterocycles. The highest BCUT2D eigenvalue weighted by Crippen LogP contribution is 2.59. The Bertz CT molecular complexity index is 905. The summed E-state index contributed by atoms with van der Waals surface area (Å²) in [4.78, 5) is 40.9. The summed E-state index contributed by atoms with van der Waals surface area (Å²) < 4.78 is 41.3. The van der Waals surface area contributed by atoms with Gasteiger partial charge in [0, 0.05) is 25.7 Å². The Balaban J connectivity index is 1.36. The van der Waals surface area contributed by atoms with E-state index in [1.54, 1.807) is 25.7 Å². The zero-order valence-corrected chi connectivity index (χ0v) is 19.3. The molecular weight excluding hydrogens is 444 g/mol. The second-order valence-electron chi connectivity index (χ2n) is 10.1. The Labute approximate surface area is 187 Å². The molecule has 0 aromatic rings. The molecule has 4 aliphatic rings. The van der Waals surface area contributed by atoms with Crippen molar-refractivity contribution in [3.05, 3.63) is 0 Å². The second kappa shape index (κ2) is 7.73. The predicted octanol–water partition coefficient (Wildman–Crippen LogP) is 0.895. The molecule has 0 aromatic carbocycles. The van der Waals surface area contributed by atoms with Gasteiger partial charge in [0.25, 0.3) is 0 Å². The van der Waals surface area contributed by atoms with E-state index in [4.69, 9.17) is 9.29 Å². The average Bonchev–Trinajstić information content (AvgIpc) is 3.38. The third-order valence-corrected chi connectivity index (χ3v) is 6.98. The van der Waals surface area contributed by atoms with Crippen LogP contribution in [-0.2, 0) is 24.2 Å². The average molecular weight is 475 g/mol. The normalized spacial score (nSPS) is 27.6. The van der Waals surface area contributed by atoms with Crippen molar-refractivity contribution in [2.45, 2.75) is 76.6 Å². The zero-order valence-electron chi connectivity index (χ0n) is 18.4. The van der Waals surface area contributed by atoms with Crippen LogP contribution in [0, 0.1) is 5.41 Å². The van der Waals surface area contributed by atoms with E-state index >= 15 is 0 Å². The number of hydrogen-bond donors (Lipinski definition) is 2. The van der Waals surface area contributed by atoms with E-state index in [1.807, 2.05) is 0 Å². The van der Waals surface area contributed by atoms with Gasteiger partial charge in [-0.1, -0.05) is 0 Å². The van der Waals surface area contributed by atoms with Crippen LogP contribution in [-0.4, -0.2) is 89.2 Å². The van der Waals surface area contributed by atoms with Crippen molar-refractivity contribution < 1.29 is 36.4 Å². The van der Waals surface area contributed by atoms with Gasteiger partial charge < -0.3 is 19.9 Å². The number of carbonyl (C=O) groups is 3. The maximum Gasteiger partial charge on any atom is 0.418 e. The Morgan fingerprint density at radius 3 is 2.34 bits per heavy atom. The van der Waals surface area contributed by atoms with Gasteiger partial charge in [0.15, 0.2) is 0 Å². The Morgan fingerprint density at radius 2 is 1.81 bits per heavy atom. The van der Waals surface area contributed by atoms with E-state index < -0.39 is 34.1 Å². The summed E-state index contributed by atoms with van der Waals surface area (Å²) in [7, 11) is -4.85. The third-order valence-electron chi connectivity index (χ3n) is 6.63. The molecule has 1 aliphatic carbocycles. The largest absolute Gasteiger partial charge is 0.444 e. The molecule has 4 rings (SSSR count). The molecule has 1 spiro atoms. The fourth-order valence-electron chi connectivity index (χ4n) is 4.88. The van der Waals surface area contributed by atoms with Crippen LogP contribution in [0.2, 0.25) is 0 Å². The molecular formula is C19H30N4O8S. The number of hydrogen-bond acceptors (Lipinski definition) is 7. The van der Waals surface area contributed by atoms with Crippen LogP contribution in [0.5, 0.6) is 0 Å². The number of carbonyl (C=O) groups excluding carboxylic acids is 3. The molecule has 2 atom stereocenters. The van der Waals surface area contributed by atoms with Crippen molar-refractivity contribution in [2.24, 2.45) is 5.41 Å². The summed E-state index contributed by atoms with van der Waals surface area (Å²) in [5.41, 5.74) is -0.954. The first-order valence-corrected chi connectivity index (χ1v) is 12.2. The molecule has 0 radical (unpaired) electrons. The Morgan fingerprint density at radius 1 is 1.19 bits per heavy atom. The Hall–Kier alpha value is -2.12. The van der Waals surface area contributed by atoms with E-state index in [0.29, 0.717) is 37.4 Å². The summed E-state index contributed by atoms with van der Waals surface area (Å²) in [6.07, 6.45) is 2.68. The maximum absolute atomic E-state index is 13.1. The molecule has 3 saturated heterocycles. The standard InChI is InChI=1S/C19H30N4O8S/c1-18(2,3)30-17(26)21-8-4-12(5-9-21)20-15(24)13-10-19(6-7-19)14-11-22(13)16(25)23(14)31-32(27,28)29/h12-14H,4-11H2,1-3H3,(H,20,24)(H,27,28,29)/t13-,14-/m0/s1. The molecule has 4 amide bonds. The topological polar surface area (TPSA) is 146 Å². The van der Waals surface area contributed by atoms with Crippen molar-refractivity contribution >= 4 is 28.4 Å². The molecule has 4 fully saturated rings. The lowest BCUT2D eigenvalue weighted by molar-refractivity contribution is -0.128. The second-order valence-corrected chi connectivity index (χ2v) is 11.1. The fraction of sp³-hybridized carbons (Fsp3) is 0.842. The van der Waals surface area contributed by atoms with Crippen LogP contribution < -0.4 is 5.32 Å². The van der Waals surface area contributed by atoms with Gasteiger partial charge in [-0.3, -0.25) is 9.35 Å². The van der Waals surface area contributed by atoms with Gasteiger partial charge in [-0.25, -0.2) is 9.59 Å². The minimum absolute atomic E-state index is 0.142. The number of likely N-dealkylation sites (tertiary alicyclic amines) is 1. The van der Waals surface area contributed by atoms with Crippen molar-refractivity contribution in [2.75, 3.05) is 19.6 Å². The van der Waals surface area contributed by atoms with Crippen LogP contribution in [0.25, 0.3) is 0 Å². The van der Waals surface area contributed by atoms with Gasteiger partial charge in [0.1, 0.15) is 11.6 Å². The lowest BCUT2D eigenvalue weighted by Gasteiger charge is -2.37. The van der Waals surface area contributed by atoms with Crippen LogP contribution in [0.3, 0.4) is 0 Å². The summed E-state index contributed by atoms with van der Waals surface area (Å²) >= 11 is 0. The van der Waals surface area contributed by atoms with Crippen LogP contribution in [0.4, 0.5) is 9.59 Å². The summed E-state index contributed by atoms with van der Waals surface area (Å²) in [6.45, 7) is 6.50. The van der Waals surface area contributed by atoms with Gasteiger partial charge >= 0.3 is 22.5 Å². The summed E-state index contributed by atoms with van der Waals surface area (Å²) in [5.74, 6) is -0.299. The minimum atomic E-state index is -4.85. The molecule has 3 aliphatic heterocycles. The lowest BCUT2D eigenvalue weighted by atomic mass is 9.85. The molecule has 1 saturated carbocycles. The van der Waals surface area contributed by atoms with Crippen molar-refractivity contribution in [3.63, 3.8) is 0 Å². The molecule has 13 heteroatoms. The van der Waals surface area contributed by atoms with Crippen molar-refractivity contribution in [1.29, 1.82) is 0 Å². The van der Waals surface area contributed by atoms with Crippen LogP contribution >= 0.6 is 0 Å². The lowest BCUT2D eigenvalue weighted by Crippen LogP contribution is -2.56. The first-order valence-electron chi connectivity index (χ1n) is 10.8. The number of nitrogens with one attached hydrogen (secondary N) is 1. The van der Waals surface area contributed by atoms with Crippen LogP contribution in [0.1, 0.15) is 52.9 Å². The molecule has 2 bridgehead atoms. The minimum Gasteiger partial charge on any atom is -0.444 e. The maximum atomic E-state index is 13.1. The number of fused-ring (bicyclic) bond motifs is 3. The molecule has 180 valence electrons. The first kappa shape index (κ1) is 23.1. The van der Waals surface area contributed by atoms with E-state index in [-0.39, 0.29) is 30.0 Å². The molecule has 0 unspecified atom stereocenters. The highest BCUT2D eigenvalue weighted by atomic mass is 32.3. The monoisotopic (exact) mass is 474 g/mol. The van der Waals surface area contributed by atoms with Crippen molar-refractivity contribution in [1.82, 2.24) is 20.2 Å². The summed E-state index contributed by atoms with van der Waals surface area (Å²) in [5, 5.41) is 3.69. The van der Waals surface area contributed by atoms with E-state index in [1.165, 1.54) is 4.90 Å².